The molecule has 0 N–H and O–H groups in total. The highest BCUT2D eigenvalue weighted by Crippen LogP contribution is 2.38. The van der Waals surface area contributed by atoms with Crippen LogP contribution in [-0.2, 0) is 27.9 Å². The van der Waals surface area contributed by atoms with Gasteiger partial charge in [0.25, 0.3) is 7.82 Å². The number of esters is 1. The summed E-state index contributed by atoms with van der Waals surface area (Å²) in [6.07, 6.45) is 54.2. The van der Waals surface area contributed by atoms with Crippen LogP contribution in [0.15, 0.2) is 0 Å². The summed E-state index contributed by atoms with van der Waals surface area (Å²) >= 11 is 0. The summed E-state index contributed by atoms with van der Waals surface area (Å²) < 4.78 is 34.8. The van der Waals surface area contributed by atoms with Crippen molar-refractivity contribution < 1.29 is 37.3 Å². The molecule has 0 aromatic carbocycles. The predicted octanol–water partition coefficient (Wildman–Crippen LogP) is 16.5. The van der Waals surface area contributed by atoms with E-state index in [0.29, 0.717) is 24.1 Å². The van der Waals surface area contributed by atoms with Crippen LogP contribution in [0.3, 0.4) is 0 Å². The van der Waals surface area contributed by atoms with Gasteiger partial charge < -0.3 is 27.9 Å². The van der Waals surface area contributed by atoms with Crippen LogP contribution in [0.5, 0.6) is 0 Å². The third kappa shape index (κ3) is 52.3. The van der Waals surface area contributed by atoms with Gasteiger partial charge in [0.1, 0.15) is 19.3 Å². The Hall–Kier alpha value is -0.500. The summed E-state index contributed by atoms with van der Waals surface area (Å²) in [5.41, 5.74) is 0. The molecule has 0 bridgehead atoms. The third-order valence-corrected chi connectivity index (χ3v) is 13.6. The van der Waals surface area contributed by atoms with Crippen LogP contribution in [-0.4, -0.2) is 70.7 Å². The SMILES string of the molecule is CCCCCCCCCCCCCCCCCCCCCCCC(=O)OC(COCCCCCCCCCCCCCCCCCCCCCC)COP(=O)([O-])OCC[N+](C)(C)C. The Labute approximate surface area is 393 Å². The largest absolute Gasteiger partial charge is 0.756 e. The molecule has 0 amide bonds. The van der Waals surface area contributed by atoms with Crippen molar-refractivity contribution in [3.8, 4) is 0 Å². The summed E-state index contributed by atoms with van der Waals surface area (Å²) in [5, 5.41) is 0. The van der Waals surface area contributed by atoms with E-state index in [1.807, 2.05) is 21.1 Å². The molecule has 2 atom stereocenters. The number of ether oxygens (including phenoxy) is 2. The second kappa shape index (κ2) is 48.0. The lowest BCUT2D eigenvalue weighted by Crippen LogP contribution is -2.37. The van der Waals surface area contributed by atoms with E-state index in [1.54, 1.807) is 0 Å². The first-order valence-corrected chi connectivity index (χ1v) is 29.2. The minimum absolute atomic E-state index is 0.0319. The molecule has 2 unspecified atom stereocenters. The molecule has 0 aromatic rings. The Bertz CT molecular complexity index is 976. The molecule has 0 saturated heterocycles. The highest BCUT2D eigenvalue weighted by molar-refractivity contribution is 7.45. The smallest absolute Gasteiger partial charge is 0.306 e. The first kappa shape index (κ1) is 62.5. The minimum atomic E-state index is -4.52. The third-order valence-electron chi connectivity index (χ3n) is 12.7. The fraction of sp³-hybridized carbons (Fsp3) is 0.981. The number of unbranched alkanes of at least 4 members (excludes halogenated alkanes) is 39. The fourth-order valence-corrected chi connectivity index (χ4v) is 9.10. The molecule has 0 aliphatic heterocycles. The van der Waals surface area contributed by atoms with E-state index in [0.717, 1.165) is 32.1 Å². The molecule has 0 heterocycles. The molecule has 0 radical (unpaired) electrons. The van der Waals surface area contributed by atoms with E-state index in [4.69, 9.17) is 18.5 Å². The highest BCUT2D eigenvalue weighted by Gasteiger charge is 2.20. The van der Waals surface area contributed by atoms with Crippen LogP contribution in [0, 0.1) is 0 Å². The average molecular weight is 916 g/mol. The van der Waals surface area contributed by atoms with Gasteiger partial charge in [-0.2, -0.15) is 0 Å². The first-order chi connectivity index (χ1) is 30.6. The molecular formula is C54H110NO7P. The normalized spacial score (nSPS) is 13.4. The first-order valence-electron chi connectivity index (χ1n) is 27.8. The topological polar surface area (TPSA) is 94.1 Å². The lowest BCUT2D eigenvalue weighted by Gasteiger charge is -2.28. The maximum absolute atomic E-state index is 12.8. The number of nitrogens with zero attached hydrogens (tertiary/aromatic N) is 1. The molecule has 0 aromatic heterocycles. The Balaban J connectivity index is 4.04. The van der Waals surface area contributed by atoms with E-state index in [2.05, 4.69) is 13.8 Å². The van der Waals surface area contributed by atoms with Crippen LogP contribution in [0.4, 0.5) is 0 Å². The standard InChI is InChI=1S/C54H110NO7P/c1-6-8-10-12-14-16-18-20-22-24-26-28-29-31-33-35-37-39-41-43-45-47-54(56)62-53(52-61-63(57,58)60-50-48-55(3,4)5)51-59-49-46-44-42-40-38-36-34-32-30-27-25-23-21-19-17-15-13-11-9-7-2/h53H,6-52H2,1-5H3. The van der Waals surface area contributed by atoms with Crippen molar-refractivity contribution in [1.29, 1.82) is 0 Å². The zero-order valence-corrected chi connectivity index (χ0v) is 44.0. The van der Waals surface area contributed by atoms with E-state index in [1.165, 1.54) is 231 Å². The van der Waals surface area contributed by atoms with Crippen LogP contribution in [0.2, 0.25) is 0 Å². The van der Waals surface area contributed by atoms with Gasteiger partial charge in [0.05, 0.1) is 34.4 Å². The summed E-state index contributed by atoms with van der Waals surface area (Å²) in [6.45, 7) is 5.51. The molecule has 0 aliphatic rings. The highest BCUT2D eigenvalue weighted by atomic mass is 31.2. The lowest BCUT2D eigenvalue weighted by molar-refractivity contribution is -0.870. The van der Waals surface area contributed by atoms with Crippen LogP contribution in [0.1, 0.15) is 284 Å². The van der Waals surface area contributed by atoms with E-state index in [9.17, 15) is 14.3 Å². The van der Waals surface area contributed by atoms with Crippen LogP contribution >= 0.6 is 7.82 Å². The van der Waals surface area contributed by atoms with E-state index in [-0.39, 0.29) is 25.8 Å². The summed E-state index contributed by atoms with van der Waals surface area (Å²) in [5.74, 6) is -0.324. The molecule has 0 aliphatic carbocycles. The molecule has 9 heteroatoms. The average Bonchev–Trinajstić information content (AvgIpc) is 3.24. The number of hydrogen-bond acceptors (Lipinski definition) is 7. The van der Waals surface area contributed by atoms with Gasteiger partial charge in [-0.1, -0.05) is 264 Å². The van der Waals surface area contributed by atoms with Crippen molar-refractivity contribution in [1.82, 2.24) is 0 Å². The number of likely N-dealkylation sites (N-methyl/N-ethyl adjacent to an activating group) is 1. The Morgan fingerprint density at radius 3 is 1.05 bits per heavy atom. The quantitative estimate of drug-likeness (QED) is 0.0260. The maximum atomic E-state index is 12.8. The van der Waals surface area contributed by atoms with Gasteiger partial charge in [0.15, 0.2) is 0 Å². The van der Waals surface area contributed by atoms with Crippen LogP contribution < -0.4 is 4.89 Å². The second-order valence-corrected chi connectivity index (χ2v) is 21.7. The fourth-order valence-electron chi connectivity index (χ4n) is 8.37. The number of phosphoric acid groups is 1. The Kier molecular flexibility index (Phi) is 47.6. The second-order valence-electron chi connectivity index (χ2n) is 20.3. The van der Waals surface area contributed by atoms with Crippen molar-refractivity contribution in [2.24, 2.45) is 0 Å². The Morgan fingerprint density at radius 2 is 0.730 bits per heavy atom. The summed E-state index contributed by atoms with van der Waals surface area (Å²) in [4.78, 5) is 25.2. The van der Waals surface area contributed by atoms with Crippen molar-refractivity contribution in [3.63, 3.8) is 0 Å². The van der Waals surface area contributed by atoms with Gasteiger partial charge >= 0.3 is 5.97 Å². The van der Waals surface area contributed by atoms with Crippen molar-refractivity contribution in [2.75, 3.05) is 54.1 Å². The van der Waals surface area contributed by atoms with Crippen molar-refractivity contribution >= 4 is 13.8 Å². The molecule has 0 rings (SSSR count). The minimum Gasteiger partial charge on any atom is -0.756 e. The van der Waals surface area contributed by atoms with Gasteiger partial charge in [0.2, 0.25) is 0 Å². The molecule has 63 heavy (non-hydrogen) atoms. The number of carbonyl (C=O) groups is 1. The number of phosphoric ester groups is 1. The van der Waals surface area contributed by atoms with Gasteiger partial charge in [0, 0.05) is 13.0 Å². The number of quaternary nitrogens is 1. The molecule has 0 spiro atoms. The van der Waals surface area contributed by atoms with Gasteiger partial charge in [-0.15, -0.1) is 0 Å². The molecule has 0 fully saturated rings. The monoisotopic (exact) mass is 916 g/mol. The lowest BCUT2D eigenvalue weighted by atomic mass is 10.0. The number of carbonyl (C=O) groups excluding carboxylic acids is 1. The summed E-state index contributed by atoms with van der Waals surface area (Å²) in [7, 11) is 1.38. The molecule has 0 saturated carbocycles. The number of rotatable bonds is 53. The van der Waals surface area contributed by atoms with Gasteiger partial charge in [-0.25, -0.2) is 0 Å². The Morgan fingerprint density at radius 1 is 0.429 bits per heavy atom. The summed E-state index contributed by atoms with van der Waals surface area (Å²) in [6, 6.07) is 0. The zero-order valence-electron chi connectivity index (χ0n) is 43.1. The number of hydrogen-bond donors (Lipinski definition) is 0. The predicted molar refractivity (Wildman–Crippen MR) is 268 cm³/mol. The molecule has 378 valence electrons. The zero-order chi connectivity index (χ0) is 46.2. The van der Waals surface area contributed by atoms with E-state index >= 15 is 0 Å². The van der Waals surface area contributed by atoms with Crippen molar-refractivity contribution in [2.45, 2.75) is 290 Å². The maximum Gasteiger partial charge on any atom is 0.306 e. The van der Waals surface area contributed by atoms with Crippen molar-refractivity contribution in [3.05, 3.63) is 0 Å². The molecule has 8 nitrogen and oxygen atoms in total. The van der Waals surface area contributed by atoms with Gasteiger partial charge in [-0.3, -0.25) is 9.36 Å². The van der Waals surface area contributed by atoms with Crippen LogP contribution in [0.25, 0.3) is 0 Å². The van der Waals surface area contributed by atoms with Gasteiger partial charge in [-0.05, 0) is 12.8 Å². The molecular weight excluding hydrogens is 806 g/mol. The van der Waals surface area contributed by atoms with E-state index < -0.39 is 13.9 Å².